The van der Waals surface area contributed by atoms with E-state index < -0.39 is 7.82 Å². The second kappa shape index (κ2) is 7.37. The van der Waals surface area contributed by atoms with Crippen LogP contribution in [0.25, 0.3) is 5.76 Å². The maximum atomic E-state index is 12.2. The van der Waals surface area contributed by atoms with Gasteiger partial charge in [-0.05, 0) is 26.8 Å². The lowest BCUT2D eigenvalue weighted by Crippen LogP contribution is -2.00. The Morgan fingerprint density at radius 3 is 2.17 bits per heavy atom. The van der Waals surface area contributed by atoms with Gasteiger partial charge in [0, 0.05) is 5.56 Å². The molecule has 0 heterocycles. The molecule has 1 aromatic carbocycles. The molecule has 0 N–H and O–H groups in total. The van der Waals surface area contributed by atoms with E-state index in [4.69, 9.17) is 13.6 Å². The van der Waals surface area contributed by atoms with Crippen LogP contribution in [0.15, 0.2) is 36.4 Å². The molecule has 1 rings (SSSR count). The fourth-order valence-electron chi connectivity index (χ4n) is 1.40. The zero-order valence-electron chi connectivity index (χ0n) is 11.0. The summed E-state index contributed by atoms with van der Waals surface area (Å²) >= 11 is 0. The highest BCUT2D eigenvalue weighted by Gasteiger charge is 2.28. The standard InChI is InChI=1S/C13H19O4P/c1-4-13(12-10-8-7-9-11-12)17-18(14,15-5-2)16-6-3/h4,7-11H,5-6H2,1-3H3/b13-4-. The molecule has 1 aromatic rings. The molecule has 100 valence electrons. The maximum absolute atomic E-state index is 12.2. The average Bonchev–Trinajstić information content (AvgIpc) is 2.38. The fraction of sp³-hybridized carbons (Fsp3) is 0.385. The van der Waals surface area contributed by atoms with Gasteiger partial charge < -0.3 is 4.52 Å². The third kappa shape index (κ3) is 4.30. The Morgan fingerprint density at radius 2 is 1.72 bits per heavy atom. The molecule has 5 heteroatoms. The Kier molecular flexibility index (Phi) is 6.13. The van der Waals surface area contributed by atoms with Crippen molar-refractivity contribution in [1.82, 2.24) is 0 Å². The van der Waals surface area contributed by atoms with Crippen molar-refractivity contribution in [2.75, 3.05) is 13.2 Å². The molecule has 0 aliphatic carbocycles. The highest BCUT2D eigenvalue weighted by atomic mass is 31.2. The molecule has 0 saturated heterocycles. The monoisotopic (exact) mass is 270 g/mol. The lowest BCUT2D eigenvalue weighted by Gasteiger charge is -2.19. The Morgan fingerprint density at radius 1 is 1.17 bits per heavy atom. The zero-order valence-corrected chi connectivity index (χ0v) is 11.9. The Hall–Kier alpha value is -1.09. The van der Waals surface area contributed by atoms with Crippen molar-refractivity contribution in [3.8, 4) is 0 Å². The zero-order chi connectivity index (χ0) is 13.4. The molecule has 0 atom stereocenters. The first-order valence-electron chi connectivity index (χ1n) is 5.95. The van der Waals surface area contributed by atoms with Crippen LogP contribution in [-0.2, 0) is 18.1 Å². The van der Waals surface area contributed by atoms with Crippen LogP contribution in [0.1, 0.15) is 26.3 Å². The van der Waals surface area contributed by atoms with Crippen LogP contribution >= 0.6 is 7.82 Å². The summed E-state index contributed by atoms with van der Waals surface area (Å²) < 4.78 is 27.9. The highest BCUT2D eigenvalue weighted by Crippen LogP contribution is 2.52. The molecule has 0 spiro atoms. The van der Waals surface area contributed by atoms with Gasteiger partial charge in [-0.25, -0.2) is 4.57 Å². The first-order chi connectivity index (χ1) is 8.65. The van der Waals surface area contributed by atoms with Crippen molar-refractivity contribution < 1.29 is 18.1 Å². The van der Waals surface area contributed by atoms with Crippen LogP contribution in [0.4, 0.5) is 0 Å². The molecule has 18 heavy (non-hydrogen) atoms. The number of allylic oxidation sites excluding steroid dienone is 1. The summed E-state index contributed by atoms with van der Waals surface area (Å²) in [7, 11) is -3.53. The van der Waals surface area contributed by atoms with Gasteiger partial charge in [-0.1, -0.05) is 30.3 Å². The molecule has 0 bridgehead atoms. The van der Waals surface area contributed by atoms with Crippen molar-refractivity contribution in [1.29, 1.82) is 0 Å². The minimum Gasteiger partial charge on any atom is -0.404 e. The second-order valence-corrected chi connectivity index (χ2v) is 4.99. The quantitative estimate of drug-likeness (QED) is 0.549. The predicted molar refractivity (Wildman–Crippen MR) is 72.0 cm³/mol. The average molecular weight is 270 g/mol. The number of phosphoric acid groups is 1. The summed E-state index contributed by atoms with van der Waals surface area (Å²) in [5, 5.41) is 0. The van der Waals surface area contributed by atoms with E-state index in [9.17, 15) is 4.57 Å². The fourth-order valence-corrected chi connectivity index (χ4v) is 2.67. The van der Waals surface area contributed by atoms with Gasteiger partial charge >= 0.3 is 7.82 Å². The summed E-state index contributed by atoms with van der Waals surface area (Å²) in [6.45, 7) is 5.83. The molecule has 0 aliphatic rings. The molecule has 4 nitrogen and oxygen atoms in total. The third-order valence-electron chi connectivity index (χ3n) is 2.11. The Labute approximate surface area is 108 Å². The first-order valence-corrected chi connectivity index (χ1v) is 7.41. The van der Waals surface area contributed by atoms with Gasteiger partial charge in [0.1, 0.15) is 5.76 Å². The number of hydrogen-bond donors (Lipinski definition) is 0. The van der Waals surface area contributed by atoms with Gasteiger partial charge in [-0.3, -0.25) is 9.05 Å². The lowest BCUT2D eigenvalue weighted by atomic mass is 10.2. The van der Waals surface area contributed by atoms with Crippen molar-refractivity contribution in [3.05, 3.63) is 42.0 Å². The molecule has 0 unspecified atom stereocenters. The maximum Gasteiger partial charge on any atom is 0.530 e. The second-order valence-electron chi connectivity index (χ2n) is 3.39. The van der Waals surface area contributed by atoms with E-state index in [1.807, 2.05) is 37.3 Å². The molecule has 0 amide bonds. The third-order valence-corrected chi connectivity index (χ3v) is 3.67. The van der Waals surface area contributed by atoms with Crippen molar-refractivity contribution in [2.24, 2.45) is 0 Å². The summed E-state index contributed by atoms with van der Waals surface area (Å²) in [5.41, 5.74) is 0.833. The summed E-state index contributed by atoms with van der Waals surface area (Å²) in [5.74, 6) is 0.487. The molecular weight excluding hydrogens is 251 g/mol. The SMILES string of the molecule is C/C=C(\OP(=O)(OCC)OCC)c1ccccc1. The van der Waals surface area contributed by atoms with Crippen molar-refractivity contribution >= 4 is 13.6 Å². The predicted octanol–water partition coefficient (Wildman–Crippen LogP) is 4.25. The molecule has 0 radical (unpaired) electrons. The van der Waals surface area contributed by atoms with Gasteiger partial charge in [-0.2, -0.15) is 0 Å². The van der Waals surface area contributed by atoms with E-state index in [0.29, 0.717) is 5.76 Å². The van der Waals surface area contributed by atoms with E-state index in [0.717, 1.165) is 5.56 Å². The Balaban J connectivity index is 2.88. The highest BCUT2D eigenvalue weighted by molar-refractivity contribution is 7.48. The number of hydrogen-bond acceptors (Lipinski definition) is 4. The van der Waals surface area contributed by atoms with Crippen LogP contribution in [0.5, 0.6) is 0 Å². The smallest absolute Gasteiger partial charge is 0.404 e. The molecule has 0 aromatic heterocycles. The van der Waals surface area contributed by atoms with Gasteiger partial charge in [0.15, 0.2) is 0 Å². The number of phosphoric ester groups is 1. The van der Waals surface area contributed by atoms with Crippen LogP contribution in [0.2, 0.25) is 0 Å². The largest absolute Gasteiger partial charge is 0.530 e. The van der Waals surface area contributed by atoms with Gasteiger partial charge in [0.25, 0.3) is 0 Å². The Bertz CT molecular complexity index is 418. The molecule has 0 saturated carbocycles. The molecule has 0 fully saturated rings. The summed E-state index contributed by atoms with van der Waals surface area (Å²) in [4.78, 5) is 0. The van der Waals surface area contributed by atoms with Crippen LogP contribution in [0.3, 0.4) is 0 Å². The minimum atomic E-state index is -3.53. The summed E-state index contributed by atoms with van der Waals surface area (Å²) in [6.07, 6.45) is 1.74. The van der Waals surface area contributed by atoms with Crippen LogP contribution in [-0.4, -0.2) is 13.2 Å². The van der Waals surface area contributed by atoms with E-state index in [1.165, 1.54) is 0 Å². The number of rotatable bonds is 7. The van der Waals surface area contributed by atoms with Gasteiger partial charge in [0.05, 0.1) is 13.2 Å². The molecular formula is C13H19O4P. The van der Waals surface area contributed by atoms with Gasteiger partial charge in [-0.15, -0.1) is 0 Å². The molecule has 0 aliphatic heterocycles. The topological polar surface area (TPSA) is 44.8 Å². The lowest BCUT2D eigenvalue weighted by molar-refractivity contribution is 0.159. The van der Waals surface area contributed by atoms with Crippen LogP contribution < -0.4 is 0 Å². The van der Waals surface area contributed by atoms with Crippen molar-refractivity contribution in [2.45, 2.75) is 20.8 Å². The van der Waals surface area contributed by atoms with E-state index >= 15 is 0 Å². The minimum absolute atomic E-state index is 0.267. The van der Waals surface area contributed by atoms with Gasteiger partial charge in [0.2, 0.25) is 0 Å². The number of benzene rings is 1. The van der Waals surface area contributed by atoms with E-state index in [2.05, 4.69) is 0 Å². The van der Waals surface area contributed by atoms with Crippen LogP contribution in [0, 0.1) is 0 Å². The van der Waals surface area contributed by atoms with Crippen molar-refractivity contribution in [3.63, 3.8) is 0 Å². The van der Waals surface area contributed by atoms with E-state index in [-0.39, 0.29) is 13.2 Å². The van der Waals surface area contributed by atoms with E-state index in [1.54, 1.807) is 19.9 Å². The first kappa shape index (κ1) is 15.0. The summed E-state index contributed by atoms with van der Waals surface area (Å²) in [6, 6.07) is 9.42. The normalized spacial score (nSPS) is 12.5.